The summed E-state index contributed by atoms with van der Waals surface area (Å²) in [6, 6.07) is 0. The average molecular weight is 1150 g/mol. The van der Waals surface area contributed by atoms with Crippen LogP contribution in [-0.4, -0.2) is 65.2 Å². The molecule has 19 heteroatoms. The third-order valence-electron chi connectivity index (χ3n) is 7.80. The first-order valence-corrected chi connectivity index (χ1v) is 27.2. The Labute approximate surface area is 458 Å². The molecule has 0 rings (SSSR count). The molecule has 0 aromatic carbocycles. The minimum atomic E-state index is 0. The molecule has 0 aliphatic rings. The molecule has 0 saturated carbocycles. The molecule has 0 aromatic heterocycles. The van der Waals surface area contributed by atoms with Gasteiger partial charge in [0.15, 0.2) is 0 Å². The standard InChI is InChI=1S/6C7H15NS2.Mo/c6*1-2-3-4-5-6-8-7(9)10;/h6*2-6H2,1H3,(H2,8,9,10);/p-6. The van der Waals surface area contributed by atoms with Gasteiger partial charge in [-0.05, 0) is 38.5 Å². The van der Waals surface area contributed by atoms with E-state index in [4.69, 9.17) is 0 Å². The normalized spacial score (nSPS) is 9.15. The molecule has 0 radical (unpaired) electrons. The molecule has 0 bridgehead atoms. The summed E-state index contributed by atoms with van der Waals surface area (Å²) < 4.78 is 2.98. The Morgan fingerprint density at radius 1 is 0.246 bits per heavy atom. The maximum absolute atomic E-state index is 4.68. The zero-order valence-corrected chi connectivity index (χ0v) is 50.3. The van der Waals surface area contributed by atoms with Crippen molar-refractivity contribution in [3.05, 3.63) is 0 Å². The minimum absolute atomic E-state index is 0. The van der Waals surface area contributed by atoms with Crippen molar-refractivity contribution in [2.45, 2.75) is 196 Å². The minimum Gasteiger partial charge on any atom is -0.412 e. The van der Waals surface area contributed by atoms with E-state index in [-0.39, 0.29) is 21.1 Å². The Morgan fingerprint density at radius 2 is 0.361 bits per heavy atom. The molecule has 0 fully saturated rings. The second-order valence-electron chi connectivity index (χ2n) is 13.6. The van der Waals surface area contributed by atoms with Gasteiger partial charge in [-0.2, -0.15) is 0 Å². The average Bonchev–Trinajstić information content (AvgIpc) is 3.18. The molecule has 0 aliphatic heterocycles. The fourth-order valence-electron chi connectivity index (χ4n) is 4.45. The van der Waals surface area contributed by atoms with Gasteiger partial charge < -0.3 is 181 Å². The molecule has 0 heterocycles. The van der Waals surface area contributed by atoms with Crippen molar-refractivity contribution < 1.29 is 21.1 Å². The number of hydrogen-bond acceptors (Lipinski definition) is 12. The van der Waals surface area contributed by atoms with Crippen LogP contribution in [0.2, 0.25) is 0 Å². The quantitative estimate of drug-likeness (QED) is 0.0179. The molecule has 0 saturated heterocycles. The van der Waals surface area contributed by atoms with Crippen molar-refractivity contribution in [3.8, 4) is 0 Å². The maximum atomic E-state index is 4.68. The van der Waals surface area contributed by atoms with E-state index < -0.39 is 0 Å². The number of unbranched alkanes of at least 4 members (excludes halogenated alkanes) is 18. The smallest absolute Gasteiger partial charge is 0.0132 e. The zero-order chi connectivity index (χ0) is 46.9. The Bertz CT molecular complexity index is 755. The Kier molecular flexibility index (Phi) is 91.6. The van der Waals surface area contributed by atoms with E-state index in [1.165, 1.54) is 154 Å². The number of thiocarbonyl (C=S) groups is 6. The molecule has 6 nitrogen and oxygen atoms in total. The first-order valence-electron chi connectivity index (χ1n) is 22.3. The first-order chi connectivity index (χ1) is 28.6. The van der Waals surface area contributed by atoms with E-state index in [9.17, 15) is 0 Å². The van der Waals surface area contributed by atoms with Crippen molar-refractivity contribution in [2.75, 3.05) is 39.3 Å². The van der Waals surface area contributed by atoms with Gasteiger partial charge in [0.1, 0.15) is 0 Å². The Morgan fingerprint density at radius 3 is 0.443 bits per heavy atom. The molecule has 0 aliphatic carbocycles. The van der Waals surface area contributed by atoms with Gasteiger partial charge in [-0.25, -0.2) is 0 Å². The van der Waals surface area contributed by atoms with Gasteiger partial charge in [-0.3, -0.25) is 0 Å². The fraction of sp³-hybridized carbons (Fsp3) is 0.857. The molecule has 6 N–H and O–H groups in total. The molecule has 61 heavy (non-hydrogen) atoms. The van der Waals surface area contributed by atoms with Crippen molar-refractivity contribution in [2.24, 2.45) is 0 Å². The summed E-state index contributed by atoms with van der Waals surface area (Å²) in [6.07, 6.45) is 30.3. The summed E-state index contributed by atoms with van der Waals surface area (Å²) in [7, 11) is 0. The van der Waals surface area contributed by atoms with E-state index in [1.807, 2.05) is 0 Å². The van der Waals surface area contributed by atoms with Crippen LogP contribution in [0.4, 0.5) is 0 Å². The number of hydrogen-bond donors (Lipinski definition) is 6. The number of nitrogens with one attached hydrogen (secondary N) is 6. The summed E-state index contributed by atoms with van der Waals surface area (Å²) in [5.41, 5.74) is 0. The first kappa shape index (κ1) is 76.6. The van der Waals surface area contributed by atoms with Crippen LogP contribution in [0.1, 0.15) is 196 Å². The van der Waals surface area contributed by atoms with Crippen LogP contribution in [0.3, 0.4) is 0 Å². The van der Waals surface area contributed by atoms with Gasteiger partial charge in [0.2, 0.25) is 0 Å². The van der Waals surface area contributed by atoms with Crippen LogP contribution < -0.4 is 31.9 Å². The predicted molar refractivity (Wildman–Crippen MR) is 313 cm³/mol. The summed E-state index contributed by atoms with van der Waals surface area (Å²) >= 11 is 56.1. The third-order valence-corrected chi connectivity index (χ3v) is 9.53. The van der Waals surface area contributed by atoms with Crippen molar-refractivity contribution >= 4 is 175 Å². The van der Waals surface area contributed by atoms with Crippen LogP contribution in [0.25, 0.3) is 0 Å². The largest absolute Gasteiger partial charge is 0.412 e. The van der Waals surface area contributed by atoms with Crippen molar-refractivity contribution in [1.29, 1.82) is 0 Å². The van der Waals surface area contributed by atoms with Crippen LogP contribution in [0.5, 0.6) is 0 Å². The molecule has 0 atom stereocenters. The van der Waals surface area contributed by atoms with Gasteiger partial charge in [-0.1, -0.05) is 183 Å². The molecular formula is C42H84MoN6S12-6. The van der Waals surface area contributed by atoms with Crippen molar-refractivity contribution in [1.82, 2.24) is 31.9 Å². The van der Waals surface area contributed by atoms with Crippen LogP contribution in [-0.2, 0) is 96.8 Å². The van der Waals surface area contributed by atoms with Gasteiger partial charge in [-0.15, -0.1) is 0 Å². The predicted octanol–water partition coefficient (Wildman–Crippen LogP) is 11.9. The Balaban J connectivity index is -0.000000114. The van der Waals surface area contributed by atoms with Crippen LogP contribution in [0.15, 0.2) is 0 Å². The van der Waals surface area contributed by atoms with Crippen LogP contribution >= 0.6 is 73.3 Å². The topological polar surface area (TPSA) is 72.2 Å². The van der Waals surface area contributed by atoms with Gasteiger partial charge in [0.05, 0.1) is 0 Å². The fourth-order valence-corrected chi connectivity index (χ4v) is 5.68. The van der Waals surface area contributed by atoms with E-state index in [2.05, 4.69) is 223 Å². The summed E-state index contributed by atoms with van der Waals surface area (Å²) in [5.74, 6) is 0. The zero-order valence-electron chi connectivity index (χ0n) is 38.5. The molecule has 366 valence electrons. The molecule has 0 amide bonds. The molecular weight excluding hydrogens is 1070 g/mol. The van der Waals surface area contributed by atoms with Crippen molar-refractivity contribution in [3.63, 3.8) is 0 Å². The SMILES string of the molecule is CCCCCCNC(=S)[S-].CCCCCCNC(=S)[S-].CCCCCCNC(=S)[S-].CCCCCCNC(=S)[S-].CCCCCCNC(=S)[S-].CCCCCCNC(=S)[S-].[Mo]. The molecule has 0 aromatic rings. The molecule has 0 unspecified atom stereocenters. The van der Waals surface area contributed by atoms with Crippen LogP contribution in [0, 0.1) is 0 Å². The second kappa shape index (κ2) is 72.9. The molecule has 0 spiro atoms. The number of rotatable bonds is 30. The Hall–Kier alpha value is 1.35. The van der Waals surface area contributed by atoms with E-state index in [1.54, 1.807) is 0 Å². The van der Waals surface area contributed by atoms with Gasteiger partial charge >= 0.3 is 0 Å². The van der Waals surface area contributed by atoms with Gasteiger partial charge in [0, 0.05) is 60.3 Å². The summed E-state index contributed by atoms with van der Waals surface area (Å²) in [6.45, 7) is 18.9. The van der Waals surface area contributed by atoms with E-state index in [0.717, 1.165) is 39.3 Å². The monoisotopic (exact) mass is 1150 g/mol. The third kappa shape index (κ3) is 115. The summed E-state index contributed by atoms with van der Waals surface area (Å²) in [5, 5.41) is 17.7. The van der Waals surface area contributed by atoms with E-state index >= 15 is 0 Å². The van der Waals surface area contributed by atoms with Gasteiger partial charge in [0.25, 0.3) is 0 Å². The van der Waals surface area contributed by atoms with E-state index in [0.29, 0.717) is 25.9 Å². The maximum Gasteiger partial charge on any atom is 0.0132 e. The second-order valence-corrected chi connectivity index (χ2v) is 20.1. The summed E-state index contributed by atoms with van der Waals surface area (Å²) in [4.78, 5) is 0.